The van der Waals surface area contributed by atoms with Crippen LogP contribution in [0.5, 0.6) is 11.5 Å². The predicted octanol–water partition coefficient (Wildman–Crippen LogP) is 5.48. The third kappa shape index (κ3) is 4.47. The molecule has 1 aliphatic rings. The minimum absolute atomic E-state index is 0.215. The van der Waals surface area contributed by atoms with Crippen molar-refractivity contribution in [3.63, 3.8) is 0 Å². The molecule has 5 nitrogen and oxygen atoms in total. The zero-order valence-corrected chi connectivity index (χ0v) is 18.7. The summed E-state index contributed by atoms with van der Waals surface area (Å²) in [5.41, 5.74) is 6.17. The predicted molar refractivity (Wildman–Crippen MR) is 120 cm³/mol. The molecule has 0 radical (unpaired) electrons. The van der Waals surface area contributed by atoms with Crippen LogP contribution in [0.1, 0.15) is 50.2 Å². The van der Waals surface area contributed by atoms with Gasteiger partial charge in [0, 0.05) is 28.5 Å². The number of pyridine rings is 1. The van der Waals surface area contributed by atoms with E-state index in [9.17, 15) is 4.79 Å². The molecule has 0 saturated carbocycles. The second-order valence-electron chi connectivity index (χ2n) is 7.51. The molecule has 0 spiro atoms. The molecule has 156 valence electrons. The highest BCUT2D eigenvalue weighted by Crippen LogP contribution is 2.39. The van der Waals surface area contributed by atoms with Gasteiger partial charge in [0.05, 0.1) is 11.1 Å². The maximum absolute atomic E-state index is 11.9. The summed E-state index contributed by atoms with van der Waals surface area (Å²) in [5, 5.41) is 9.06. The molecule has 1 aliphatic carbocycles. The maximum Gasteiger partial charge on any atom is 0.154 e. The average molecular weight is 477 g/mol. The number of benzene rings is 2. The standard InChI is InChI=1S/C25H21BrN2O3/c1-16-19(4-2-7-23(16)26)15-31-24-9-25(22(13-29)20-5-3-6-21(20)24)30-14-18-8-17(10-27)11-28-12-18/h2,4,7-9,11-13H,3,5-6,14-15H2,1H3. The minimum atomic E-state index is 0.215. The molecule has 31 heavy (non-hydrogen) atoms. The van der Waals surface area contributed by atoms with Gasteiger partial charge in [0.1, 0.15) is 30.8 Å². The van der Waals surface area contributed by atoms with Crippen LogP contribution in [0, 0.1) is 18.3 Å². The molecule has 1 heterocycles. The molecule has 0 saturated heterocycles. The number of fused-ring (bicyclic) bond motifs is 1. The third-order valence-corrected chi connectivity index (χ3v) is 6.43. The van der Waals surface area contributed by atoms with Gasteiger partial charge >= 0.3 is 0 Å². The molecular formula is C25H21BrN2O3. The number of hydrogen-bond donors (Lipinski definition) is 0. The Kier molecular flexibility index (Phi) is 6.34. The second kappa shape index (κ2) is 9.32. The smallest absolute Gasteiger partial charge is 0.154 e. The minimum Gasteiger partial charge on any atom is -0.488 e. The Balaban J connectivity index is 1.62. The number of rotatable bonds is 7. The first-order chi connectivity index (χ1) is 15.1. The fourth-order valence-corrected chi connectivity index (χ4v) is 4.28. The number of halogens is 1. The van der Waals surface area contributed by atoms with Crippen LogP contribution in [0.3, 0.4) is 0 Å². The molecule has 0 atom stereocenters. The van der Waals surface area contributed by atoms with E-state index in [4.69, 9.17) is 14.7 Å². The van der Waals surface area contributed by atoms with Gasteiger partial charge in [-0.1, -0.05) is 28.1 Å². The van der Waals surface area contributed by atoms with Crippen LogP contribution >= 0.6 is 15.9 Å². The lowest BCUT2D eigenvalue weighted by Crippen LogP contribution is -2.06. The van der Waals surface area contributed by atoms with Crippen LogP contribution in [-0.2, 0) is 26.1 Å². The highest BCUT2D eigenvalue weighted by Gasteiger charge is 2.24. The summed E-state index contributed by atoms with van der Waals surface area (Å²) >= 11 is 3.57. The molecule has 0 bridgehead atoms. The normalized spacial score (nSPS) is 12.2. The maximum atomic E-state index is 11.9. The van der Waals surface area contributed by atoms with Crippen molar-refractivity contribution in [2.24, 2.45) is 0 Å². The summed E-state index contributed by atoms with van der Waals surface area (Å²) in [5.74, 6) is 1.26. The van der Waals surface area contributed by atoms with E-state index in [1.807, 2.05) is 24.3 Å². The molecule has 1 aromatic heterocycles. The van der Waals surface area contributed by atoms with Gasteiger partial charge in [-0.25, -0.2) is 0 Å². The van der Waals surface area contributed by atoms with Crippen LogP contribution in [0.15, 0.2) is 47.2 Å². The Labute approximate surface area is 189 Å². The Morgan fingerprint density at radius 3 is 2.74 bits per heavy atom. The first-order valence-electron chi connectivity index (χ1n) is 10.1. The number of ether oxygens (including phenoxy) is 2. The summed E-state index contributed by atoms with van der Waals surface area (Å²) in [6.07, 6.45) is 6.73. The van der Waals surface area contributed by atoms with E-state index in [2.05, 4.69) is 33.9 Å². The molecule has 0 N–H and O–H groups in total. The molecule has 0 aliphatic heterocycles. The molecule has 3 aromatic rings. The van der Waals surface area contributed by atoms with Crippen molar-refractivity contribution in [1.29, 1.82) is 5.26 Å². The van der Waals surface area contributed by atoms with Gasteiger partial charge < -0.3 is 9.47 Å². The Hall–Kier alpha value is -3.17. The van der Waals surface area contributed by atoms with E-state index in [1.54, 1.807) is 12.3 Å². The van der Waals surface area contributed by atoms with Gasteiger partial charge in [-0.05, 0) is 60.6 Å². The number of hydrogen-bond acceptors (Lipinski definition) is 5. The van der Waals surface area contributed by atoms with Crippen LogP contribution < -0.4 is 9.47 Å². The summed E-state index contributed by atoms with van der Waals surface area (Å²) in [6, 6.07) is 11.7. The van der Waals surface area contributed by atoms with Gasteiger partial charge in [0.2, 0.25) is 0 Å². The van der Waals surface area contributed by atoms with E-state index in [1.165, 1.54) is 6.20 Å². The van der Waals surface area contributed by atoms with Gasteiger partial charge in [-0.15, -0.1) is 0 Å². The number of carbonyl (C=O) groups is 1. The number of carbonyl (C=O) groups excluding carboxylic acids is 1. The Bertz CT molecular complexity index is 1180. The highest BCUT2D eigenvalue weighted by atomic mass is 79.9. The number of aromatic nitrogens is 1. The fourth-order valence-electron chi connectivity index (χ4n) is 3.88. The number of aldehydes is 1. The highest BCUT2D eigenvalue weighted by molar-refractivity contribution is 9.10. The Morgan fingerprint density at radius 1 is 1.13 bits per heavy atom. The van der Waals surface area contributed by atoms with Crippen molar-refractivity contribution in [3.8, 4) is 17.6 Å². The molecule has 0 fully saturated rings. The van der Waals surface area contributed by atoms with Crippen molar-refractivity contribution < 1.29 is 14.3 Å². The van der Waals surface area contributed by atoms with Crippen molar-refractivity contribution in [3.05, 3.63) is 86.1 Å². The van der Waals surface area contributed by atoms with Crippen molar-refractivity contribution >= 4 is 22.2 Å². The van der Waals surface area contributed by atoms with Gasteiger partial charge in [0.15, 0.2) is 6.29 Å². The monoisotopic (exact) mass is 476 g/mol. The second-order valence-corrected chi connectivity index (χ2v) is 8.36. The lowest BCUT2D eigenvalue weighted by Gasteiger charge is -2.17. The number of nitrogens with zero attached hydrogens (tertiary/aromatic N) is 2. The lowest BCUT2D eigenvalue weighted by atomic mass is 10.0. The number of nitriles is 1. The quantitative estimate of drug-likeness (QED) is 0.422. The van der Waals surface area contributed by atoms with Crippen LogP contribution in [0.2, 0.25) is 0 Å². The van der Waals surface area contributed by atoms with Crippen molar-refractivity contribution in [2.75, 3.05) is 0 Å². The lowest BCUT2D eigenvalue weighted by molar-refractivity contribution is 0.111. The van der Waals surface area contributed by atoms with E-state index in [-0.39, 0.29) is 6.61 Å². The molecule has 0 unspecified atom stereocenters. The van der Waals surface area contributed by atoms with E-state index in [0.29, 0.717) is 23.5 Å². The molecule has 0 amide bonds. The first kappa shape index (κ1) is 21.1. The summed E-state index contributed by atoms with van der Waals surface area (Å²) in [7, 11) is 0. The van der Waals surface area contributed by atoms with Crippen molar-refractivity contribution in [1.82, 2.24) is 4.98 Å². The van der Waals surface area contributed by atoms with E-state index < -0.39 is 0 Å². The fraction of sp³-hybridized carbons (Fsp3) is 0.240. The topological polar surface area (TPSA) is 72.2 Å². The van der Waals surface area contributed by atoms with Crippen molar-refractivity contribution in [2.45, 2.75) is 39.4 Å². The van der Waals surface area contributed by atoms with E-state index >= 15 is 0 Å². The van der Waals surface area contributed by atoms with Gasteiger partial charge in [0.25, 0.3) is 0 Å². The molecule has 6 heteroatoms. The van der Waals surface area contributed by atoms with Gasteiger partial charge in [-0.2, -0.15) is 5.26 Å². The molecule has 4 rings (SSSR count). The SMILES string of the molecule is Cc1c(Br)cccc1COc1cc(OCc2cncc(C#N)c2)c(C=O)c2c1CCC2. The summed E-state index contributed by atoms with van der Waals surface area (Å²) in [4.78, 5) is 16.0. The first-order valence-corrected chi connectivity index (χ1v) is 10.9. The largest absolute Gasteiger partial charge is 0.488 e. The zero-order chi connectivity index (χ0) is 21.8. The average Bonchev–Trinajstić information content (AvgIpc) is 3.28. The summed E-state index contributed by atoms with van der Waals surface area (Å²) < 4.78 is 13.3. The van der Waals surface area contributed by atoms with Crippen LogP contribution in [0.4, 0.5) is 0 Å². The van der Waals surface area contributed by atoms with E-state index in [0.717, 1.165) is 63.6 Å². The van der Waals surface area contributed by atoms with Crippen LogP contribution in [0.25, 0.3) is 0 Å². The third-order valence-electron chi connectivity index (χ3n) is 5.57. The molecule has 2 aromatic carbocycles. The van der Waals surface area contributed by atoms with Gasteiger partial charge in [-0.3, -0.25) is 9.78 Å². The summed E-state index contributed by atoms with van der Waals surface area (Å²) in [6.45, 7) is 2.71. The Morgan fingerprint density at radius 2 is 1.94 bits per heavy atom. The molecular weight excluding hydrogens is 456 g/mol. The van der Waals surface area contributed by atoms with Crippen LogP contribution in [-0.4, -0.2) is 11.3 Å². The zero-order valence-electron chi connectivity index (χ0n) is 17.2.